The van der Waals surface area contributed by atoms with Crippen LogP contribution < -0.4 is 5.32 Å². The highest BCUT2D eigenvalue weighted by Crippen LogP contribution is 2.12. The average molecular weight is 171 g/mol. The molecule has 1 unspecified atom stereocenters. The molecule has 0 amide bonds. The minimum absolute atomic E-state index is 0.500. The van der Waals surface area contributed by atoms with Gasteiger partial charge in [-0.3, -0.25) is 0 Å². The molecule has 1 rings (SSSR count). The van der Waals surface area contributed by atoms with Crippen LogP contribution in [0.3, 0.4) is 0 Å². The first-order valence-electron chi connectivity index (χ1n) is 5.00. The summed E-state index contributed by atoms with van der Waals surface area (Å²) in [7, 11) is 0. The van der Waals surface area contributed by atoms with Crippen LogP contribution in [0.2, 0.25) is 0 Å². The summed E-state index contributed by atoms with van der Waals surface area (Å²) in [6.07, 6.45) is 1.78. The van der Waals surface area contributed by atoms with E-state index in [1.807, 2.05) is 0 Å². The van der Waals surface area contributed by atoms with Gasteiger partial charge < -0.3 is 10.1 Å². The molecule has 0 radical (unpaired) electrons. The highest BCUT2D eigenvalue weighted by molar-refractivity contribution is 4.75. The summed E-state index contributed by atoms with van der Waals surface area (Å²) in [6.45, 7) is 9.84. The molecule has 0 saturated carbocycles. The van der Waals surface area contributed by atoms with E-state index in [9.17, 15) is 0 Å². The average Bonchev–Trinajstić information content (AvgIpc) is 1.81. The molecule has 0 aromatic heterocycles. The third-order valence-electron chi connectivity index (χ3n) is 2.23. The van der Waals surface area contributed by atoms with Gasteiger partial charge in [0, 0.05) is 19.7 Å². The predicted molar refractivity (Wildman–Crippen MR) is 51.2 cm³/mol. The zero-order valence-corrected chi connectivity index (χ0v) is 8.47. The smallest absolute Gasteiger partial charge is 0.0823 e. The van der Waals surface area contributed by atoms with Crippen molar-refractivity contribution < 1.29 is 4.74 Å². The first-order valence-corrected chi connectivity index (χ1v) is 5.00. The first-order chi connectivity index (χ1) is 5.68. The predicted octanol–water partition coefficient (Wildman–Crippen LogP) is 1.66. The molecule has 1 heterocycles. The molecule has 0 aliphatic carbocycles. The molecule has 0 spiro atoms. The minimum Gasteiger partial charge on any atom is -0.375 e. The monoisotopic (exact) mass is 171 g/mol. The molecule has 1 fully saturated rings. The summed E-state index contributed by atoms with van der Waals surface area (Å²) in [6, 6.07) is 0. The van der Waals surface area contributed by atoms with E-state index in [1.54, 1.807) is 0 Å². The topological polar surface area (TPSA) is 21.3 Å². The summed E-state index contributed by atoms with van der Waals surface area (Å²) in [5, 5.41) is 3.20. The van der Waals surface area contributed by atoms with Crippen molar-refractivity contribution in [3.8, 4) is 0 Å². The van der Waals surface area contributed by atoms with Crippen molar-refractivity contribution in [3.63, 3.8) is 0 Å². The fraction of sp³-hybridized carbons (Fsp3) is 1.00. The van der Waals surface area contributed by atoms with Gasteiger partial charge in [0.05, 0.1) is 6.10 Å². The SMILES string of the molecule is CC(C)CC(C)COC1CNC1. The van der Waals surface area contributed by atoms with E-state index in [2.05, 4.69) is 26.1 Å². The van der Waals surface area contributed by atoms with Crippen molar-refractivity contribution in [2.75, 3.05) is 19.7 Å². The fourth-order valence-electron chi connectivity index (χ4n) is 1.55. The Hall–Kier alpha value is -0.0800. The van der Waals surface area contributed by atoms with Gasteiger partial charge in [-0.15, -0.1) is 0 Å². The van der Waals surface area contributed by atoms with Crippen molar-refractivity contribution in [2.24, 2.45) is 11.8 Å². The van der Waals surface area contributed by atoms with Crippen molar-refractivity contribution in [1.29, 1.82) is 0 Å². The quantitative estimate of drug-likeness (QED) is 0.679. The summed E-state index contributed by atoms with van der Waals surface area (Å²) < 4.78 is 5.68. The Bertz CT molecular complexity index is 121. The van der Waals surface area contributed by atoms with Crippen LogP contribution in [0.15, 0.2) is 0 Å². The van der Waals surface area contributed by atoms with Gasteiger partial charge in [-0.2, -0.15) is 0 Å². The van der Waals surface area contributed by atoms with Crippen molar-refractivity contribution in [1.82, 2.24) is 5.32 Å². The van der Waals surface area contributed by atoms with E-state index in [0.717, 1.165) is 25.6 Å². The largest absolute Gasteiger partial charge is 0.375 e. The van der Waals surface area contributed by atoms with Crippen molar-refractivity contribution in [3.05, 3.63) is 0 Å². The lowest BCUT2D eigenvalue weighted by atomic mass is 10.00. The molecular weight excluding hydrogens is 150 g/mol. The zero-order chi connectivity index (χ0) is 8.97. The van der Waals surface area contributed by atoms with Crippen LogP contribution in [0.1, 0.15) is 27.2 Å². The number of hydrogen-bond acceptors (Lipinski definition) is 2. The summed E-state index contributed by atoms with van der Waals surface area (Å²) in [5.41, 5.74) is 0. The van der Waals surface area contributed by atoms with Crippen LogP contribution >= 0.6 is 0 Å². The Morgan fingerprint density at radius 2 is 2.00 bits per heavy atom. The maximum absolute atomic E-state index is 5.68. The van der Waals surface area contributed by atoms with Crippen LogP contribution in [-0.4, -0.2) is 25.8 Å². The normalized spacial score (nSPS) is 21.0. The van der Waals surface area contributed by atoms with E-state index in [4.69, 9.17) is 4.74 Å². The highest BCUT2D eigenvalue weighted by Gasteiger charge is 2.17. The molecular formula is C10H21NO. The maximum atomic E-state index is 5.68. The number of ether oxygens (including phenoxy) is 1. The van der Waals surface area contributed by atoms with Gasteiger partial charge in [-0.05, 0) is 18.3 Å². The summed E-state index contributed by atoms with van der Waals surface area (Å²) in [4.78, 5) is 0. The van der Waals surface area contributed by atoms with E-state index < -0.39 is 0 Å². The molecule has 2 nitrogen and oxygen atoms in total. The lowest BCUT2D eigenvalue weighted by molar-refractivity contribution is -0.000849. The molecule has 1 saturated heterocycles. The van der Waals surface area contributed by atoms with Gasteiger partial charge in [0.15, 0.2) is 0 Å². The highest BCUT2D eigenvalue weighted by atomic mass is 16.5. The van der Waals surface area contributed by atoms with Crippen LogP contribution in [0.5, 0.6) is 0 Å². The molecule has 1 aliphatic rings. The van der Waals surface area contributed by atoms with Gasteiger partial charge in [-0.1, -0.05) is 20.8 Å². The van der Waals surface area contributed by atoms with Gasteiger partial charge in [0.2, 0.25) is 0 Å². The van der Waals surface area contributed by atoms with Gasteiger partial charge in [0.1, 0.15) is 0 Å². The number of rotatable bonds is 5. The summed E-state index contributed by atoms with van der Waals surface area (Å²) >= 11 is 0. The minimum atomic E-state index is 0.500. The van der Waals surface area contributed by atoms with E-state index >= 15 is 0 Å². The molecule has 1 N–H and O–H groups in total. The summed E-state index contributed by atoms with van der Waals surface area (Å²) in [5.74, 6) is 1.51. The lowest BCUT2D eigenvalue weighted by Gasteiger charge is -2.28. The van der Waals surface area contributed by atoms with Crippen LogP contribution in [0.25, 0.3) is 0 Å². The number of hydrogen-bond donors (Lipinski definition) is 1. The molecule has 1 atom stereocenters. The second-order valence-electron chi connectivity index (χ2n) is 4.35. The van der Waals surface area contributed by atoms with E-state index in [1.165, 1.54) is 6.42 Å². The van der Waals surface area contributed by atoms with Gasteiger partial charge in [-0.25, -0.2) is 0 Å². The van der Waals surface area contributed by atoms with Crippen molar-refractivity contribution in [2.45, 2.75) is 33.3 Å². The molecule has 0 aromatic rings. The number of nitrogens with one attached hydrogen (secondary N) is 1. The third-order valence-corrected chi connectivity index (χ3v) is 2.23. The van der Waals surface area contributed by atoms with E-state index in [-0.39, 0.29) is 0 Å². The van der Waals surface area contributed by atoms with Crippen LogP contribution in [-0.2, 0) is 4.74 Å². The second kappa shape index (κ2) is 4.83. The van der Waals surface area contributed by atoms with Crippen molar-refractivity contribution >= 4 is 0 Å². The van der Waals surface area contributed by atoms with Gasteiger partial charge in [0.25, 0.3) is 0 Å². The molecule has 72 valence electrons. The second-order valence-corrected chi connectivity index (χ2v) is 4.35. The van der Waals surface area contributed by atoms with Crippen LogP contribution in [0, 0.1) is 11.8 Å². The third kappa shape index (κ3) is 3.55. The van der Waals surface area contributed by atoms with Gasteiger partial charge >= 0.3 is 0 Å². The zero-order valence-electron chi connectivity index (χ0n) is 8.47. The van der Waals surface area contributed by atoms with Crippen LogP contribution in [0.4, 0.5) is 0 Å². The lowest BCUT2D eigenvalue weighted by Crippen LogP contribution is -2.48. The Morgan fingerprint density at radius 3 is 2.42 bits per heavy atom. The molecule has 12 heavy (non-hydrogen) atoms. The molecule has 1 aliphatic heterocycles. The van der Waals surface area contributed by atoms with E-state index in [0.29, 0.717) is 12.0 Å². The molecule has 0 bridgehead atoms. The molecule has 2 heteroatoms. The standard InChI is InChI=1S/C10H21NO/c1-8(2)4-9(3)7-12-10-5-11-6-10/h8-11H,4-7H2,1-3H3. The fourth-order valence-corrected chi connectivity index (χ4v) is 1.55. The Labute approximate surface area is 75.7 Å². The molecule has 0 aromatic carbocycles. The maximum Gasteiger partial charge on any atom is 0.0823 e. The Morgan fingerprint density at radius 1 is 1.33 bits per heavy atom. The first kappa shape index (κ1) is 10.0. The Kier molecular flexibility index (Phi) is 4.02. The Balaban J connectivity index is 1.97.